The van der Waals surface area contributed by atoms with Crippen LogP contribution in [0.15, 0.2) is 21.8 Å². The van der Waals surface area contributed by atoms with Gasteiger partial charge < -0.3 is 10.3 Å². The average Bonchev–Trinajstić information content (AvgIpc) is 2.97. The zero-order valence-electron chi connectivity index (χ0n) is 11.3. The van der Waals surface area contributed by atoms with Crippen LogP contribution in [0.1, 0.15) is 17.0 Å². The highest BCUT2D eigenvalue weighted by atomic mass is 32.2. The summed E-state index contributed by atoms with van der Waals surface area (Å²) in [4.78, 5) is 0.109. The highest BCUT2D eigenvalue weighted by Crippen LogP contribution is 2.14. The second-order valence-electron chi connectivity index (χ2n) is 4.36. The molecule has 20 heavy (non-hydrogen) atoms. The van der Waals surface area contributed by atoms with Crippen LogP contribution in [0, 0.1) is 13.8 Å². The van der Waals surface area contributed by atoms with E-state index in [1.165, 1.54) is 17.1 Å². The first kappa shape index (κ1) is 14.7. The molecule has 0 amide bonds. The fourth-order valence-corrected chi connectivity index (χ4v) is 2.69. The van der Waals surface area contributed by atoms with Crippen LogP contribution in [0.2, 0.25) is 0 Å². The van der Waals surface area contributed by atoms with Crippen molar-refractivity contribution in [2.24, 2.45) is 5.73 Å². The first-order chi connectivity index (χ1) is 9.44. The number of nitrogens with zero attached hydrogens (tertiary/aromatic N) is 3. The molecule has 0 radical (unpaired) electrons. The molecule has 110 valence electrons. The van der Waals surface area contributed by atoms with E-state index in [4.69, 9.17) is 10.3 Å². The van der Waals surface area contributed by atoms with Gasteiger partial charge in [0.25, 0.3) is 0 Å². The lowest BCUT2D eigenvalue weighted by atomic mass is 10.2. The summed E-state index contributed by atoms with van der Waals surface area (Å²) in [6.45, 7) is 4.50. The van der Waals surface area contributed by atoms with E-state index in [2.05, 4.69) is 15.0 Å². The van der Waals surface area contributed by atoms with Gasteiger partial charge in [-0.15, -0.1) is 0 Å². The summed E-state index contributed by atoms with van der Waals surface area (Å²) in [7, 11) is -3.61. The van der Waals surface area contributed by atoms with Crippen molar-refractivity contribution in [2.45, 2.75) is 31.8 Å². The van der Waals surface area contributed by atoms with E-state index in [-0.39, 0.29) is 11.4 Å². The van der Waals surface area contributed by atoms with E-state index < -0.39 is 10.0 Å². The van der Waals surface area contributed by atoms with E-state index >= 15 is 0 Å². The fourth-order valence-electron chi connectivity index (χ4n) is 1.74. The van der Waals surface area contributed by atoms with Gasteiger partial charge in [-0.05, 0) is 13.8 Å². The van der Waals surface area contributed by atoms with Crippen LogP contribution < -0.4 is 10.5 Å². The van der Waals surface area contributed by atoms with Gasteiger partial charge in [0.15, 0.2) is 0 Å². The molecule has 3 N–H and O–H groups in total. The predicted molar refractivity (Wildman–Crippen MR) is 71.3 cm³/mol. The minimum absolute atomic E-state index is 0.109. The summed E-state index contributed by atoms with van der Waals surface area (Å²) in [6, 6.07) is 0. The van der Waals surface area contributed by atoms with Gasteiger partial charge in [0.2, 0.25) is 10.0 Å². The van der Waals surface area contributed by atoms with E-state index in [1.54, 1.807) is 13.8 Å². The summed E-state index contributed by atoms with van der Waals surface area (Å²) in [5.74, 6) is 0.601. The highest BCUT2D eigenvalue weighted by Gasteiger charge is 2.18. The first-order valence-electron chi connectivity index (χ1n) is 6.08. The predicted octanol–water partition coefficient (Wildman–Crippen LogP) is -0.0749. The van der Waals surface area contributed by atoms with Gasteiger partial charge in [-0.1, -0.05) is 5.16 Å². The topological polar surface area (TPSA) is 116 Å². The molecule has 9 heteroatoms. The van der Waals surface area contributed by atoms with Gasteiger partial charge in [0.1, 0.15) is 10.7 Å². The molecule has 0 fully saturated rings. The van der Waals surface area contributed by atoms with Crippen LogP contribution in [0.25, 0.3) is 0 Å². The van der Waals surface area contributed by atoms with Gasteiger partial charge in [-0.25, -0.2) is 13.1 Å². The second kappa shape index (κ2) is 5.73. The van der Waals surface area contributed by atoms with Gasteiger partial charge in [0, 0.05) is 24.8 Å². The van der Waals surface area contributed by atoms with Gasteiger partial charge >= 0.3 is 0 Å². The lowest BCUT2D eigenvalue weighted by Gasteiger charge is -2.04. The molecule has 2 aromatic heterocycles. The summed E-state index contributed by atoms with van der Waals surface area (Å²) >= 11 is 0. The van der Waals surface area contributed by atoms with Crippen LogP contribution in [-0.2, 0) is 23.1 Å². The quantitative estimate of drug-likeness (QED) is 0.771. The molecule has 0 aliphatic heterocycles. The molecule has 2 aromatic rings. The third kappa shape index (κ3) is 3.06. The molecule has 0 atom stereocenters. The Labute approximate surface area is 117 Å². The minimum Gasteiger partial charge on any atom is -0.361 e. The largest absolute Gasteiger partial charge is 0.361 e. The third-order valence-electron chi connectivity index (χ3n) is 2.90. The number of hydrogen-bond donors (Lipinski definition) is 2. The molecule has 0 aliphatic rings. The maximum Gasteiger partial charge on any atom is 0.243 e. The minimum atomic E-state index is -3.61. The maximum absolute atomic E-state index is 12.1. The van der Waals surface area contributed by atoms with Gasteiger partial charge in [-0.3, -0.25) is 4.68 Å². The van der Waals surface area contributed by atoms with Crippen molar-refractivity contribution in [3.8, 4) is 0 Å². The molecule has 8 nitrogen and oxygen atoms in total. The van der Waals surface area contributed by atoms with E-state index in [1.807, 2.05) is 0 Å². The molecule has 0 bridgehead atoms. The van der Waals surface area contributed by atoms with Gasteiger partial charge in [-0.2, -0.15) is 5.10 Å². The summed E-state index contributed by atoms with van der Waals surface area (Å²) in [6.07, 6.45) is 2.74. The van der Waals surface area contributed by atoms with Crippen molar-refractivity contribution in [2.75, 3.05) is 6.54 Å². The summed E-state index contributed by atoms with van der Waals surface area (Å²) < 4.78 is 33.2. The van der Waals surface area contributed by atoms with Crippen molar-refractivity contribution < 1.29 is 12.9 Å². The SMILES string of the molecule is Cc1noc(C)c1CNS(=O)(=O)c1cnn(CCN)c1. The van der Waals surface area contributed by atoms with E-state index in [9.17, 15) is 8.42 Å². The van der Waals surface area contributed by atoms with E-state index in [0.717, 1.165) is 5.56 Å². The van der Waals surface area contributed by atoms with Crippen molar-refractivity contribution in [1.29, 1.82) is 0 Å². The third-order valence-corrected chi connectivity index (χ3v) is 4.25. The normalized spacial score (nSPS) is 11.9. The van der Waals surface area contributed by atoms with Gasteiger partial charge in [0.05, 0.1) is 18.4 Å². The molecule has 0 unspecified atom stereocenters. The average molecular weight is 299 g/mol. The van der Waals surface area contributed by atoms with Crippen LogP contribution in [0.4, 0.5) is 0 Å². The Morgan fingerprint density at radius 2 is 2.20 bits per heavy atom. The lowest BCUT2D eigenvalue weighted by Crippen LogP contribution is -2.23. The number of rotatable bonds is 6. The fraction of sp³-hybridized carbons (Fsp3) is 0.455. The van der Waals surface area contributed by atoms with Crippen molar-refractivity contribution >= 4 is 10.0 Å². The molecular formula is C11H17N5O3S. The number of nitrogens with two attached hydrogens (primary N) is 1. The number of nitrogens with one attached hydrogen (secondary N) is 1. The molecular weight excluding hydrogens is 282 g/mol. The summed E-state index contributed by atoms with van der Waals surface area (Å²) in [5.41, 5.74) is 6.80. The number of hydrogen-bond acceptors (Lipinski definition) is 6. The standard InChI is InChI=1S/C11H17N5O3S/c1-8-11(9(2)19-15-8)6-14-20(17,18)10-5-13-16(7-10)4-3-12/h5,7,14H,3-4,6,12H2,1-2H3. The Kier molecular flexibility index (Phi) is 4.21. The monoisotopic (exact) mass is 299 g/mol. The molecule has 0 saturated heterocycles. The Hall–Kier alpha value is -1.71. The smallest absolute Gasteiger partial charge is 0.243 e. The maximum atomic E-state index is 12.1. The van der Waals surface area contributed by atoms with E-state index in [0.29, 0.717) is 24.5 Å². The molecule has 2 rings (SSSR count). The van der Waals surface area contributed by atoms with Crippen LogP contribution >= 0.6 is 0 Å². The highest BCUT2D eigenvalue weighted by molar-refractivity contribution is 7.89. The van der Waals surface area contributed by atoms with Crippen molar-refractivity contribution in [3.63, 3.8) is 0 Å². The van der Waals surface area contributed by atoms with Crippen molar-refractivity contribution in [3.05, 3.63) is 29.4 Å². The Morgan fingerprint density at radius 3 is 2.80 bits per heavy atom. The van der Waals surface area contributed by atoms with Crippen LogP contribution in [0.3, 0.4) is 0 Å². The second-order valence-corrected chi connectivity index (χ2v) is 6.12. The van der Waals surface area contributed by atoms with Crippen LogP contribution in [-0.4, -0.2) is 29.9 Å². The number of sulfonamides is 1. The zero-order valence-corrected chi connectivity index (χ0v) is 12.1. The zero-order chi connectivity index (χ0) is 14.8. The lowest BCUT2D eigenvalue weighted by molar-refractivity contribution is 0.392. The Balaban J connectivity index is 2.11. The Bertz CT molecular complexity index is 669. The molecule has 0 saturated carbocycles. The first-order valence-corrected chi connectivity index (χ1v) is 7.56. The Morgan fingerprint density at radius 1 is 1.45 bits per heavy atom. The number of aromatic nitrogens is 3. The summed E-state index contributed by atoms with van der Waals surface area (Å²) in [5, 5.41) is 7.72. The molecule has 2 heterocycles. The number of aryl methyl sites for hydroxylation is 2. The molecule has 0 aromatic carbocycles. The van der Waals surface area contributed by atoms with Crippen molar-refractivity contribution in [1.82, 2.24) is 19.7 Å². The molecule has 0 spiro atoms. The molecule has 0 aliphatic carbocycles. The van der Waals surface area contributed by atoms with Crippen LogP contribution in [0.5, 0.6) is 0 Å².